The van der Waals surface area contributed by atoms with Gasteiger partial charge in [-0.3, -0.25) is 4.79 Å². The maximum atomic E-state index is 11.6. The predicted octanol–water partition coefficient (Wildman–Crippen LogP) is 2.00. The van der Waals surface area contributed by atoms with Crippen molar-refractivity contribution in [3.8, 4) is 11.8 Å². The number of carbonyl (C=O) groups excluding carboxylic acids is 1. The Morgan fingerprint density at radius 2 is 2.16 bits per heavy atom. The number of hydrogen-bond acceptors (Lipinski definition) is 3. The van der Waals surface area contributed by atoms with Crippen molar-refractivity contribution in [1.82, 2.24) is 4.90 Å². The minimum Gasteiger partial charge on any atom is -0.492 e. The Kier molecular flexibility index (Phi) is 4.40. The summed E-state index contributed by atoms with van der Waals surface area (Å²) in [4.78, 5) is 13.4. The molecule has 0 aromatic heterocycles. The van der Waals surface area contributed by atoms with Crippen molar-refractivity contribution < 1.29 is 9.53 Å². The van der Waals surface area contributed by atoms with E-state index in [1.54, 1.807) is 0 Å². The third-order valence-corrected chi connectivity index (χ3v) is 3.24. The second-order valence-electron chi connectivity index (χ2n) is 4.98. The number of benzene rings is 1. The lowest BCUT2D eigenvalue weighted by molar-refractivity contribution is -0.128. The smallest absolute Gasteiger partial charge is 0.223 e. The normalized spacial score (nSPS) is 18.4. The summed E-state index contributed by atoms with van der Waals surface area (Å²) in [6.45, 7) is 4.08. The van der Waals surface area contributed by atoms with E-state index < -0.39 is 0 Å². The van der Waals surface area contributed by atoms with Crippen LogP contribution in [0.3, 0.4) is 0 Å². The molecule has 1 heterocycles. The molecule has 1 saturated heterocycles. The van der Waals surface area contributed by atoms with E-state index in [1.807, 2.05) is 29.2 Å². The molecule has 1 atom stereocenters. The maximum absolute atomic E-state index is 11.6. The molecule has 19 heavy (non-hydrogen) atoms. The van der Waals surface area contributed by atoms with E-state index in [1.165, 1.54) is 0 Å². The van der Waals surface area contributed by atoms with Gasteiger partial charge in [-0.2, -0.15) is 5.26 Å². The fourth-order valence-electron chi connectivity index (χ4n) is 2.25. The van der Waals surface area contributed by atoms with Gasteiger partial charge in [0, 0.05) is 13.0 Å². The van der Waals surface area contributed by atoms with Crippen LogP contribution in [-0.4, -0.2) is 30.5 Å². The molecule has 4 heteroatoms. The van der Waals surface area contributed by atoms with Crippen LogP contribution < -0.4 is 4.74 Å². The van der Waals surface area contributed by atoms with Crippen LogP contribution >= 0.6 is 0 Å². The third kappa shape index (κ3) is 3.72. The van der Waals surface area contributed by atoms with Crippen molar-refractivity contribution >= 4 is 5.91 Å². The molecule has 1 unspecified atom stereocenters. The van der Waals surface area contributed by atoms with Gasteiger partial charge in [-0.05, 0) is 23.6 Å². The van der Waals surface area contributed by atoms with Crippen LogP contribution in [0.4, 0.5) is 0 Å². The van der Waals surface area contributed by atoms with Crippen LogP contribution in [0.1, 0.15) is 18.9 Å². The van der Waals surface area contributed by atoms with E-state index in [4.69, 9.17) is 10.00 Å². The first-order chi connectivity index (χ1) is 9.19. The van der Waals surface area contributed by atoms with Crippen molar-refractivity contribution in [2.24, 2.45) is 5.92 Å². The first-order valence-electron chi connectivity index (χ1n) is 6.55. The van der Waals surface area contributed by atoms with E-state index in [2.05, 4.69) is 13.0 Å². The number of nitrogens with zero attached hydrogens (tertiary/aromatic N) is 2. The van der Waals surface area contributed by atoms with Gasteiger partial charge in [0.05, 0.1) is 19.0 Å². The van der Waals surface area contributed by atoms with Crippen LogP contribution in [0.15, 0.2) is 24.3 Å². The standard InChI is InChI=1S/C15H18N2O2/c1-12-10-15(18)17(11-12)8-9-19-14-4-2-13(3-5-14)6-7-16/h2-5,12H,6,8-11H2,1H3. The molecule has 1 aromatic rings. The van der Waals surface area contributed by atoms with Gasteiger partial charge < -0.3 is 9.64 Å². The number of likely N-dealkylation sites (tertiary alicyclic amines) is 1. The van der Waals surface area contributed by atoms with Crippen LogP contribution in [0.25, 0.3) is 0 Å². The molecule has 1 aromatic carbocycles. The zero-order valence-electron chi connectivity index (χ0n) is 11.1. The van der Waals surface area contributed by atoms with Crippen molar-refractivity contribution in [3.05, 3.63) is 29.8 Å². The van der Waals surface area contributed by atoms with Gasteiger partial charge in [0.2, 0.25) is 5.91 Å². The number of rotatable bonds is 5. The number of nitriles is 1. The second-order valence-corrected chi connectivity index (χ2v) is 4.98. The predicted molar refractivity (Wildman–Crippen MR) is 71.6 cm³/mol. The molecule has 0 spiro atoms. The summed E-state index contributed by atoms with van der Waals surface area (Å²) >= 11 is 0. The Morgan fingerprint density at radius 1 is 1.42 bits per heavy atom. The fourth-order valence-corrected chi connectivity index (χ4v) is 2.25. The lowest BCUT2D eigenvalue weighted by Gasteiger charge is -2.16. The van der Waals surface area contributed by atoms with E-state index >= 15 is 0 Å². The Bertz CT molecular complexity index is 476. The highest BCUT2D eigenvalue weighted by molar-refractivity contribution is 5.78. The zero-order valence-corrected chi connectivity index (χ0v) is 11.1. The zero-order chi connectivity index (χ0) is 13.7. The molecule has 1 amide bonds. The lowest BCUT2D eigenvalue weighted by atomic mass is 10.2. The summed E-state index contributed by atoms with van der Waals surface area (Å²) in [6.07, 6.45) is 1.07. The molecule has 0 N–H and O–H groups in total. The van der Waals surface area contributed by atoms with Gasteiger partial charge in [0.1, 0.15) is 12.4 Å². The third-order valence-electron chi connectivity index (χ3n) is 3.24. The SMILES string of the molecule is CC1CC(=O)N(CCOc2ccc(CC#N)cc2)C1. The van der Waals surface area contributed by atoms with E-state index in [-0.39, 0.29) is 5.91 Å². The molecule has 1 fully saturated rings. The highest BCUT2D eigenvalue weighted by Crippen LogP contribution is 2.17. The largest absolute Gasteiger partial charge is 0.492 e. The highest BCUT2D eigenvalue weighted by Gasteiger charge is 2.25. The second kappa shape index (κ2) is 6.24. The van der Waals surface area contributed by atoms with Gasteiger partial charge >= 0.3 is 0 Å². The summed E-state index contributed by atoms with van der Waals surface area (Å²) < 4.78 is 5.61. The van der Waals surface area contributed by atoms with Crippen LogP contribution in [-0.2, 0) is 11.2 Å². The van der Waals surface area contributed by atoms with Gasteiger partial charge in [-0.25, -0.2) is 0 Å². The molecular weight excluding hydrogens is 240 g/mol. The Labute approximate surface area is 113 Å². The average molecular weight is 258 g/mol. The molecule has 0 saturated carbocycles. The minimum absolute atomic E-state index is 0.223. The summed E-state index contributed by atoms with van der Waals surface area (Å²) in [6, 6.07) is 9.61. The first kappa shape index (κ1) is 13.4. The molecular formula is C15H18N2O2. The number of hydrogen-bond donors (Lipinski definition) is 0. The van der Waals surface area contributed by atoms with E-state index in [9.17, 15) is 4.79 Å². The molecule has 1 aliphatic rings. The minimum atomic E-state index is 0.223. The van der Waals surface area contributed by atoms with Gasteiger partial charge in [0.25, 0.3) is 0 Å². The summed E-state index contributed by atoms with van der Waals surface area (Å²) in [5.74, 6) is 1.46. The van der Waals surface area contributed by atoms with Crippen molar-refractivity contribution in [3.63, 3.8) is 0 Å². The molecule has 0 aliphatic carbocycles. The van der Waals surface area contributed by atoms with Gasteiger partial charge in [-0.1, -0.05) is 19.1 Å². The molecule has 4 nitrogen and oxygen atoms in total. The number of amides is 1. The quantitative estimate of drug-likeness (QED) is 0.811. The van der Waals surface area contributed by atoms with Crippen molar-refractivity contribution in [2.45, 2.75) is 19.8 Å². The Balaban J connectivity index is 1.76. The van der Waals surface area contributed by atoms with Crippen molar-refractivity contribution in [2.75, 3.05) is 19.7 Å². The number of carbonyl (C=O) groups is 1. The average Bonchev–Trinajstić information content (AvgIpc) is 2.71. The monoisotopic (exact) mass is 258 g/mol. The first-order valence-corrected chi connectivity index (χ1v) is 6.55. The molecule has 0 radical (unpaired) electrons. The summed E-state index contributed by atoms with van der Waals surface area (Å²) in [7, 11) is 0. The maximum Gasteiger partial charge on any atom is 0.223 e. The molecule has 2 rings (SSSR count). The van der Waals surface area contributed by atoms with E-state index in [0.29, 0.717) is 31.9 Å². The number of ether oxygens (including phenoxy) is 1. The topological polar surface area (TPSA) is 53.3 Å². The Hall–Kier alpha value is -2.02. The summed E-state index contributed by atoms with van der Waals surface area (Å²) in [5, 5.41) is 8.58. The molecule has 100 valence electrons. The lowest BCUT2D eigenvalue weighted by Crippen LogP contribution is -2.29. The highest BCUT2D eigenvalue weighted by atomic mass is 16.5. The van der Waals surface area contributed by atoms with Crippen molar-refractivity contribution in [1.29, 1.82) is 5.26 Å². The summed E-state index contributed by atoms with van der Waals surface area (Å²) in [5.41, 5.74) is 0.985. The Morgan fingerprint density at radius 3 is 2.74 bits per heavy atom. The van der Waals surface area contributed by atoms with Crippen LogP contribution in [0.5, 0.6) is 5.75 Å². The van der Waals surface area contributed by atoms with Crippen LogP contribution in [0, 0.1) is 17.2 Å². The van der Waals surface area contributed by atoms with Gasteiger partial charge in [0.15, 0.2) is 0 Å². The molecule has 0 bridgehead atoms. The fraction of sp³-hybridized carbons (Fsp3) is 0.467. The molecule has 1 aliphatic heterocycles. The van der Waals surface area contributed by atoms with Crippen LogP contribution in [0.2, 0.25) is 0 Å². The van der Waals surface area contributed by atoms with E-state index in [0.717, 1.165) is 17.9 Å². The van der Waals surface area contributed by atoms with Gasteiger partial charge in [-0.15, -0.1) is 0 Å².